The van der Waals surface area contributed by atoms with Crippen molar-refractivity contribution in [3.05, 3.63) is 34.4 Å². The fourth-order valence-corrected chi connectivity index (χ4v) is 2.69. The molecular formula is C13H13BrN2O2. The molecule has 0 radical (unpaired) electrons. The van der Waals surface area contributed by atoms with Crippen LogP contribution in [0.2, 0.25) is 0 Å². The highest BCUT2D eigenvalue weighted by atomic mass is 79.9. The van der Waals surface area contributed by atoms with Gasteiger partial charge >= 0.3 is 0 Å². The van der Waals surface area contributed by atoms with Gasteiger partial charge in [-0.15, -0.1) is 0 Å². The second-order valence-corrected chi connectivity index (χ2v) is 5.52. The SMILES string of the molecule is O=C(c1cc2cc(Br)ccc2[nH]1)N1CC[C@@H](O)C1. The number of hydrogen-bond donors (Lipinski definition) is 2. The minimum absolute atomic E-state index is 0.0427. The number of nitrogens with zero attached hydrogens (tertiary/aromatic N) is 1. The quantitative estimate of drug-likeness (QED) is 0.848. The lowest BCUT2D eigenvalue weighted by Crippen LogP contribution is -2.29. The largest absolute Gasteiger partial charge is 0.391 e. The number of halogens is 1. The van der Waals surface area contributed by atoms with E-state index in [0.717, 1.165) is 15.4 Å². The van der Waals surface area contributed by atoms with E-state index in [2.05, 4.69) is 20.9 Å². The fourth-order valence-electron chi connectivity index (χ4n) is 2.32. The molecular weight excluding hydrogens is 296 g/mol. The lowest BCUT2D eigenvalue weighted by atomic mass is 10.2. The summed E-state index contributed by atoms with van der Waals surface area (Å²) in [5, 5.41) is 10.5. The number of β-amino-alcohol motifs (C(OH)–C–C–N with tert-alkyl or cyclic N) is 1. The monoisotopic (exact) mass is 308 g/mol. The maximum atomic E-state index is 12.2. The molecule has 1 atom stereocenters. The predicted molar refractivity (Wildman–Crippen MR) is 72.5 cm³/mol. The minimum Gasteiger partial charge on any atom is -0.391 e. The number of carbonyl (C=O) groups is 1. The number of aliphatic hydroxyl groups excluding tert-OH is 1. The summed E-state index contributed by atoms with van der Waals surface area (Å²) >= 11 is 3.41. The van der Waals surface area contributed by atoms with E-state index < -0.39 is 0 Å². The summed E-state index contributed by atoms with van der Waals surface area (Å²) in [6.45, 7) is 1.05. The summed E-state index contributed by atoms with van der Waals surface area (Å²) in [7, 11) is 0. The Labute approximate surface area is 113 Å². The van der Waals surface area contributed by atoms with E-state index in [4.69, 9.17) is 0 Å². The Morgan fingerprint density at radius 1 is 1.44 bits per heavy atom. The zero-order valence-corrected chi connectivity index (χ0v) is 11.3. The molecule has 18 heavy (non-hydrogen) atoms. The first-order valence-electron chi connectivity index (χ1n) is 5.89. The second kappa shape index (κ2) is 4.40. The van der Waals surface area contributed by atoms with Crippen LogP contribution in [-0.2, 0) is 0 Å². The average Bonchev–Trinajstić information content (AvgIpc) is 2.93. The molecule has 1 aromatic carbocycles. The van der Waals surface area contributed by atoms with Crippen LogP contribution in [0.4, 0.5) is 0 Å². The third-order valence-corrected chi connectivity index (χ3v) is 3.76. The average molecular weight is 309 g/mol. The van der Waals surface area contributed by atoms with Gasteiger partial charge in [-0.2, -0.15) is 0 Å². The zero-order chi connectivity index (χ0) is 12.7. The van der Waals surface area contributed by atoms with Gasteiger partial charge in [0.25, 0.3) is 5.91 Å². The highest BCUT2D eigenvalue weighted by Gasteiger charge is 2.26. The van der Waals surface area contributed by atoms with Crippen LogP contribution in [0.25, 0.3) is 10.9 Å². The number of amides is 1. The van der Waals surface area contributed by atoms with Crippen molar-refractivity contribution in [1.29, 1.82) is 0 Å². The molecule has 0 unspecified atom stereocenters. The highest BCUT2D eigenvalue weighted by Crippen LogP contribution is 2.22. The second-order valence-electron chi connectivity index (χ2n) is 4.61. The van der Waals surface area contributed by atoms with E-state index in [0.29, 0.717) is 25.2 Å². The van der Waals surface area contributed by atoms with Crippen LogP contribution >= 0.6 is 15.9 Å². The summed E-state index contributed by atoms with van der Waals surface area (Å²) in [4.78, 5) is 17.0. The smallest absolute Gasteiger partial charge is 0.270 e. The Morgan fingerprint density at radius 2 is 2.28 bits per heavy atom. The van der Waals surface area contributed by atoms with Gasteiger partial charge in [0.2, 0.25) is 0 Å². The number of H-pyrrole nitrogens is 1. The van der Waals surface area contributed by atoms with Gasteiger partial charge in [0.05, 0.1) is 6.10 Å². The van der Waals surface area contributed by atoms with Gasteiger partial charge in [-0.25, -0.2) is 0 Å². The van der Waals surface area contributed by atoms with Crippen molar-refractivity contribution in [3.8, 4) is 0 Å². The number of hydrogen-bond acceptors (Lipinski definition) is 2. The number of carbonyl (C=O) groups excluding carboxylic acids is 1. The Balaban J connectivity index is 1.92. The van der Waals surface area contributed by atoms with Crippen LogP contribution in [0.15, 0.2) is 28.7 Å². The molecule has 1 amide bonds. The van der Waals surface area contributed by atoms with Gasteiger partial charge in [-0.05, 0) is 30.7 Å². The molecule has 1 aromatic heterocycles. The lowest BCUT2D eigenvalue weighted by molar-refractivity contribution is 0.0760. The first kappa shape index (κ1) is 11.7. The van der Waals surface area contributed by atoms with Crippen molar-refractivity contribution in [2.75, 3.05) is 13.1 Å². The number of fused-ring (bicyclic) bond motifs is 1. The van der Waals surface area contributed by atoms with E-state index >= 15 is 0 Å². The number of benzene rings is 1. The van der Waals surface area contributed by atoms with Crippen molar-refractivity contribution in [2.24, 2.45) is 0 Å². The van der Waals surface area contributed by atoms with Gasteiger partial charge in [-0.1, -0.05) is 15.9 Å². The molecule has 2 N–H and O–H groups in total. The van der Waals surface area contributed by atoms with Gasteiger partial charge in [0.1, 0.15) is 5.69 Å². The molecule has 1 saturated heterocycles. The Kier molecular flexibility index (Phi) is 2.87. The van der Waals surface area contributed by atoms with Gasteiger partial charge in [0.15, 0.2) is 0 Å². The number of nitrogens with one attached hydrogen (secondary N) is 1. The summed E-state index contributed by atoms with van der Waals surface area (Å²) in [5.41, 5.74) is 1.53. The minimum atomic E-state index is -0.382. The van der Waals surface area contributed by atoms with E-state index in [1.165, 1.54) is 0 Å². The Bertz CT molecular complexity index is 608. The van der Waals surface area contributed by atoms with E-state index in [1.54, 1.807) is 4.90 Å². The molecule has 94 valence electrons. The molecule has 0 spiro atoms. The van der Waals surface area contributed by atoms with Gasteiger partial charge < -0.3 is 15.0 Å². The molecule has 0 bridgehead atoms. The summed E-state index contributed by atoms with van der Waals surface area (Å²) in [6.07, 6.45) is 0.282. The molecule has 4 nitrogen and oxygen atoms in total. The maximum absolute atomic E-state index is 12.2. The van der Waals surface area contributed by atoms with Crippen molar-refractivity contribution in [3.63, 3.8) is 0 Å². The number of rotatable bonds is 1. The molecule has 0 aliphatic carbocycles. The molecule has 2 aromatic rings. The van der Waals surface area contributed by atoms with Crippen LogP contribution in [0.5, 0.6) is 0 Å². The van der Waals surface area contributed by atoms with Gasteiger partial charge in [-0.3, -0.25) is 4.79 Å². The third kappa shape index (κ3) is 2.04. The first-order valence-corrected chi connectivity index (χ1v) is 6.68. The molecule has 1 fully saturated rings. The topological polar surface area (TPSA) is 56.3 Å². The van der Waals surface area contributed by atoms with Gasteiger partial charge in [0, 0.05) is 28.5 Å². The summed E-state index contributed by atoms with van der Waals surface area (Å²) < 4.78 is 0.990. The first-order chi connectivity index (χ1) is 8.63. The zero-order valence-electron chi connectivity index (χ0n) is 9.69. The number of likely N-dealkylation sites (tertiary alicyclic amines) is 1. The molecule has 5 heteroatoms. The fraction of sp³-hybridized carbons (Fsp3) is 0.308. The Morgan fingerprint density at radius 3 is 3.00 bits per heavy atom. The maximum Gasteiger partial charge on any atom is 0.270 e. The van der Waals surface area contributed by atoms with Crippen molar-refractivity contribution < 1.29 is 9.90 Å². The molecule has 0 saturated carbocycles. The normalized spacial score (nSPS) is 19.7. The van der Waals surface area contributed by atoms with Crippen LogP contribution in [-0.4, -0.2) is 40.1 Å². The molecule has 2 heterocycles. The van der Waals surface area contributed by atoms with Crippen molar-refractivity contribution in [1.82, 2.24) is 9.88 Å². The van der Waals surface area contributed by atoms with Crippen LogP contribution in [0.1, 0.15) is 16.9 Å². The van der Waals surface area contributed by atoms with Crippen LogP contribution < -0.4 is 0 Å². The molecule has 1 aliphatic heterocycles. The standard InChI is InChI=1S/C13H13BrN2O2/c14-9-1-2-11-8(5-9)6-12(15-11)13(18)16-4-3-10(17)7-16/h1-2,5-6,10,15,17H,3-4,7H2/t10-/m1/s1. The third-order valence-electron chi connectivity index (χ3n) is 3.26. The number of aromatic amines is 1. The summed E-state index contributed by atoms with van der Waals surface area (Å²) in [5.74, 6) is -0.0427. The van der Waals surface area contributed by atoms with E-state index in [-0.39, 0.29) is 12.0 Å². The predicted octanol–water partition coefficient (Wildman–Crippen LogP) is 2.14. The molecule has 3 rings (SSSR count). The summed E-state index contributed by atoms with van der Waals surface area (Å²) in [6, 6.07) is 7.70. The van der Waals surface area contributed by atoms with E-state index in [9.17, 15) is 9.90 Å². The van der Waals surface area contributed by atoms with E-state index in [1.807, 2.05) is 24.3 Å². The van der Waals surface area contributed by atoms with Crippen LogP contribution in [0.3, 0.4) is 0 Å². The Hall–Kier alpha value is -1.33. The van der Waals surface area contributed by atoms with Crippen molar-refractivity contribution in [2.45, 2.75) is 12.5 Å². The van der Waals surface area contributed by atoms with Crippen LogP contribution in [0, 0.1) is 0 Å². The number of aromatic nitrogens is 1. The lowest BCUT2D eigenvalue weighted by Gasteiger charge is -2.13. The number of aliphatic hydroxyl groups is 1. The molecule has 1 aliphatic rings. The van der Waals surface area contributed by atoms with Crippen molar-refractivity contribution >= 4 is 32.7 Å². The highest BCUT2D eigenvalue weighted by molar-refractivity contribution is 9.10.